The van der Waals surface area contributed by atoms with Crippen LogP contribution in [0.4, 0.5) is 18.9 Å². The summed E-state index contributed by atoms with van der Waals surface area (Å²) in [5.41, 5.74) is 1.42. The average molecular weight is 570 g/mol. The van der Waals surface area contributed by atoms with Gasteiger partial charge in [0.1, 0.15) is 0 Å². The van der Waals surface area contributed by atoms with Crippen molar-refractivity contribution in [2.24, 2.45) is 0 Å². The van der Waals surface area contributed by atoms with Crippen molar-refractivity contribution in [3.05, 3.63) is 77.6 Å². The number of carbonyl (C=O) groups is 2. The molecule has 11 heteroatoms. The molecule has 1 atom stereocenters. The number of halogens is 3. The number of carbonyl (C=O) groups excluding carboxylic acids is 2. The normalized spacial score (nSPS) is 22.0. The summed E-state index contributed by atoms with van der Waals surface area (Å²) in [4.78, 5) is 40.4. The first-order valence-electron chi connectivity index (χ1n) is 14.2. The van der Waals surface area contributed by atoms with Crippen LogP contribution in [0.25, 0.3) is 0 Å². The van der Waals surface area contributed by atoms with Gasteiger partial charge in [-0.25, -0.2) is 9.90 Å². The Labute approximate surface area is 237 Å². The molecular formula is C30H34F3N5O3. The molecule has 4 aliphatic rings. The van der Waals surface area contributed by atoms with Crippen LogP contribution in [0.2, 0.25) is 0 Å². The van der Waals surface area contributed by atoms with Gasteiger partial charge in [0.2, 0.25) is 5.91 Å². The third-order valence-electron chi connectivity index (χ3n) is 8.52. The van der Waals surface area contributed by atoms with Gasteiger partial charge in [0, 0.05) is 55.7 Å². The van der Waals surface area contributed by atoms with Crippen LogP contribution in [0.15, 0.2) is 66.5 Å². The molecule has 2 amide bonds. The molecule has 0 N–H and O–H groups in total. The van der Waals surface area contributed by atoms with E-state index in [4.69, 9.17) is 4.84 Å². The molecule has 0 radical (unpaired) electrons. The standard InChI is InChI=1S/C30H34F3N5O3/c1-21-19-36(29-38(21)41-29)24-11-15-34(16-12-24)20-27(39)37(25-5-3-2-4-6-25)26-13-17-35(18-14-26)28(40)22-7-9-23(10-8-22)30(31,32)33/h2-10,19,24,26,29H,11-18,20H2,1H3. The smallest absolute Gasteiger partial charge is 0.338 e. The summed E-state index contributed by atoms with van der Waals surface area (Å²) in [5, 5.41) is 1.91. The molecule has 4 aliphatic heterocycles. The first kappa shape index (κ1) is 27.6. The molecule has 4 heterocycles. The lowest BCUT2D eigenvalue weighted by atomic mass is 10.00. The minimum atomic E-state index is -4.44. The van der Waals surface area contributed by atoms with Crippen molar-refractivity contribution < 1.29 is 27.6 Å². The van der Waals surface area contributed by atoms with Crippen molar-refractivity contribution in [3.8, 4) is 0 Å². The van der Waals surface area contributed by atoms with E-state index < -0.39 is 11.7 Å². The summed E-state index contributed by atoms with van der Waals surface area (Å²) >= 11 is 0. The number of nitrogens with zero attached hydrogens (tertiary/aromatic N) is 5. The number of alkyl halides is 3. The highest BCUT2D eigenvalue weighted by Gasteiger charge is 2.49. The topological polar surface area (TPSA) is 62.6 Å². The molecule has 41 heavy (non-hydrogen) atoms. The number of allylic oxidation sites excluding steroid dienone is 1. The molecule has 0 aliphatic carbocycles. The monoisotopic (exact) mass is 569 g/mol. The molecule has 0 aromatic heterocycles. The lowest BCUT2D eigenvalue weighted by Gasteiger charge is -2.40. The Balaban J connectivity index is 1.06. The number of fused-ring (bicyclic) bond motifs is 1. The van der Waals surface area contributed by atoms with E-state index in [1.54, 1.807) is 4.90 Å². The van der Waals surface area contributed by atoms with Crippen molar-refractivity contribution in [2.75, 3.05) is 37.6 Å². The Hall–Kier alpha value is -3.57. The molecule has 6 rings (SSSR count). The van der Waals surface area contributed by atoms with Gasteiger partial charge in [-0.15, -0.1) is 0 Å². The predicted molar refractivity (Wildman–Crippen MR) is 146 cm³/mol. The van der Waals surface area contributed by atoms with Crippen molar-refractivity contribution >= 4 is 17.5 Å². The van der Waals surface area contributed by atoms with Crippen LogP contribution in [0.3, 0.4) is 0 Å². The van der Waals surface area contributed by atoms with Gasteiger partial charge in [-0.2, -0.15) is 13.2 Å². The number of rotatable bonds is 6. The molecule has 3 saturated heterocycles. The highest BCUT2D eigenvalue weighted by molar-refractivity contribution is 5.96. The van der Waals surface area contributed by atoms with Crippen molar-refractivity contribution in [2.45, 2.75) is 57.2 Å². The van der Waals surface area contributed by atoms with Gasteiger partial charge in [-0.3, -0.25) is 14.5 Å². The van der Waals surface area contributed by atoms with Crippen LogP contribution in [-0.4, -0.2) is 82.7 Å². The van der Waals surface area contributed by atoms with Gasteiger partial charge in [0.05, 0.1) is 17.8 Å². The van der Waals surface area contributed by atoms with Crippen molar-refractivity contribution in [1.29, 1.82) is 0 Å². The van der Waals surface area contributed by atoms with E-state index >= 15 is 0 Å². The van der Waals surface area contributed by atoms with Gasteiger partial charge in [-0.1, -0.05) is 18.2 Å². The fourth-order valence-corrected chi connectivity index (χ4v) is 6.23. The Morgan fingerprint density at radius 2 is 1.59 bits per heavy atom. The summed E-state index contributed by atoms with van der Waals surface area (Å²) < 4.78 is 38.7. The molecule has 2 aromatic rings. The predicted octanol–water partition coefficient (Wildman–Crippen LogP) is 4.52. The second kappa shape index (κ2) is 11.0. The minimum absolute atomic E-state index is 0.0378. The quantitative estimate of drug-likeness (QED) is 0.477. The zero-order chi connectivity index (χ0) is 28.7. The molecule has 0 saturated carbocycles. The maximum atomic E-state index is 13.8. The van der Waals surface area contributed by atoms with E-state index in [1.807, 2.05) is 47.2 Å². The Morgan fingerprint density at radius 1 is 0.927 bits per heavy atom. The van der Waals surface area contributed by atoms with Gasteiger partial charge in [0.25, 0.3) is 12.3 Å². The number of hydrogen-bond donors (Lipinski definition) is 0. The average Bonchev–Trinajstić information content (AvgIpc) is 3.71. The maximum absolute atomic E-state index is 13.8. The number of para-hydroxylation sites is 1. The van der Waals surface area contributed by atoms with Crippen LogP contribution in [0, 0.1) is 0 Å². The molecule has 0 spiro atoms. The molecule has 8 nitrogen and oxygen atoms in total. The van der Waals surface area contributed by atoms with Gasteiger partial charge >= 0.3 is 6.18 Å². The minimum Gasteiger partial charge on any atom is -0.338 e. The summed E-state index contributed by atoms with van der Waals surface area (Å²) in [6.45, 7) is 4.88. The van der Waals surface area contributed by atoms with Crippen LogP contribution >= 0.6 is 0 Å². The van der Waals surface area contributed by atoms with Gasteiger partial charge in [0.15, 0.2) is 0 Å². The number of benzene rings is 2. The third kappa shape index (κ3) is 5.78. The maximum Gasteiger partial charge on any atom is 0.416 e. The van der Waals surface area contributed by atoms with Crippen LogP contribution in [-0.2, 0) is 15.8 Å². The highest BCUT2D eigenvalue weighted by Crippen LogP contribution is 2.39. The number of anilines is 1. The van der Waals surface area contributed by atoms with Crippen molar-refractivity contribution in [1.82, 2.24) is 19.8 Å². The Morgan fingerprint density at radius 3 is 2.15 bits per heavy atom. The zero-order valence-electron chi connectivity index (χ0n) is 23.0. The molecule has 3 fully saturated rings. The van der Waals surface area contributed by atoms with E-state index in [-0.39, 0.29) is 29.8 Å². The second-order valence-corrected chi connectivity index (χ2v) is 11.2. The number of hydroxylamine groups is 2. The highest BCUT2D eigenvalue weighted by atomic mass is 19.4. The molecule has 218 valence electrons. The van der Waals surface area contributed by atoms with Crippen LogP contribution in [0.5, 0.6) is 0 Å². The number of hydrogen-bond acceptors (Lipinski definition) is 6. The summed E-state index contributed by atoms with van der Waals surface area (Å²) in [7, 11) is 0. The second-order valence-electron chi connectivity index (χ2n) is 11.2. The molecule has 0 bridgehead atoms. The summed E-state index contributed by atoms with van der Waals surface area (Å²) in [6.07, 6.45) is 0.855. The lowest BCUT2D eigenvalue weighted by molar-refractivity contribution is -0.137. The molecule has 1 unspecified atom stereocenters. The number of piperidine rings is 2. The van der Waals surface area contributed by atoms with Crippen LogP contribution < -0.4 is 4.90 Å². The third-order valence-corrected chi connectivity index (χ3v) is 8.52. The summed E-state index contributed by atoms with van der Waals surface area (Å²) in [5.74, 6) is -0.254. The fourth-order valence-electron chi connectivity index (χ4n) is 6.23. The van der Waals surface area contributed by atoms with E-state index in [1.165, 1.54) is 12.1 Å². The Kier molecular flexibility index (Phi) is 7.41. The zero-order valence-corrected chi connectivity index (χ0v) is 23.0. The van der Waals surface area contributed by atoms with Crippen molar-refractivity contribution in [3.63, 3.8) is 0 Å². The van der Waals surface area contributed by atoms with E-state index in [0.717, 1.165) is 49.4 Å². The van der Waals surface area contributed by atoms with Crippen LogP contribution in [0.1, 0.15) is 48.5 Å². The first-order chi connectivity index (χ1) is 19.7. The Bertz CT molecular complexity index is 1290. The largest absolute Gasteiger partial charge is 0.416 e. The van der Waals surface area contributed by atoms with E-state index in [9.17, 15) is 22.8 Å². The summed E-state index contributed by atoms with van der Waals surface area (Å²) in [6, 6.07) is 14.3. The van der Waals surface area contributed by atoms with E-state index in [2.05, 4.69) is 16.0 Å². The molecular weight excluding hydrogens is 535 g/mol. The van der Waals surface area contributed by atoms with Gasteiger partial charge in [-0.05, 0) is 69.0 Å². The van der Waals surface area contributed by atoms with E-state index in [0.29, 0.717) is 38.5 Å². The molecule has 2 aromatic carbocycles. The number of amides is 2. The fraction of sp³-hybridized carbons (Fsp3) is 0.467. The first-order valence-corrected chi connectivity index (χ1v) is 14.2. The SMILES string of the molecule is CC1=CN(C2CCN(CC(=O)N(c3ccccc3)C3CCN(C(=O)c4ccc(C(F)(F)F)cc4)CC3)CC2)C2ON12. The van der Waals surface area contributed by atoms with Gasteiger partial charge < -0.3 is 14.7 Å². The lowest BCUT2D eigenvalue weighted by Crippen LogP contribution is -2.52. The number of likely N-dealkylation sites (tertiary alicyclic amines) is 2.